The molecule has 0 aliphatic carbocycles. The molecule has 0 radical (unpaired) electrons. The van der Waals surface area contributed by atoms with Gasteiger partial charge in [0.15, 0.2) is 0 Å². The lowest BCUT2D eigenvalue weighted by atomic mass is 10.3. The van der Waals surface area contributed by atoms with E-state index in [0.717, 1.165) is 60.0 Å². The van der Waals surface area contributed by atoms with Gasteiger partial charge in [0.2, 0.25) is 5.95 Å². The van der Waals surface area contributed by atoms with E-state index in [1.807, 2.05) is 53.6 Å². The Labute approximate surface area is 203 Å². The number of nitrogens with zero attached hydrogens (tertiary/aromatic N) is 3. The van der Waals surface area contributed by atoms with Crippen molar-refractivity contribution in [1.29, 1.82) is 0 Å². The zero-order chi connectivity index (χ0) is 23.8. The second-order valence-corrected chi connectivity index (χ2v) is 9.02. The van der Waals surface area contributed by atoms with Crippen molar-refractivity contribution in [2.45, 2.75) is 26.2 Å². The molecule has 1 saturated heterocycles. The van der Waals surface area contributed by atoms with Crippen molar-refractivity contribution in [2.75, 3.05) is 42.1 Å². The molecular weight excluding hydrogens is 450 g/mol. The Balaban J connectivity index is 1.28. The van der Waals surface area contributed by atoms with E-state index in [0.29, 0.717) is 19.0 Å². The first kappa shape index (κ1) is 23.5. The second kappa shape index (κ2) is 11.5. The molecule has 3 amide bonds. The predicted octanol–water partition coefficient (Wildman–Crippen LogP) is 4.45. The maximum absolute atomic E-state index is 12.3. The minimum absolute atomic E-state index is 0.0430. The molecule has 10 heteroatoms. The van der Waals surface area contributed by atoms with Gasteiger partial charge in [-0.1, -0.05) is 12.1 Å². The number of likely N-dealkylation sites (tertiary alicyclic amines) is 1. The van der Waals surface area contributed by atoms with Crippen LogP contribution in [0.3, 0.4) is 0 Å². The van der Waals surface area contributed by atoms with Gasteiger partial charge in [0, 0.05) is 49.3 Å². The van der Waals surface area contributed by atoms with E-state index in [9.17, 15) is 9.59 Å². The van der Waals surface area contributed by atoms with Crippen LogP contribution in [0.5, 0.6) is 0 Å². The van der Waals surface area contributed by atoms with Crippen LogP contribution in [-0.2, 0) is 0 Å². The largest absolute Gasteiger partial charge is 0.370 e. The number of hydrogen-bond acceptors (Lipinski definition) is 7. The van der Waals surface area contributed by atoms with Crippen LogP contribution in [0.1, 0.15) is 34.5 Å². The summed E-state index contributed by atoms with van der Waals surface area (Å²) >= 11 is 1.43. The van der Waals surface area contributed by atoms with Gasteiger partial charge in [-0.25, -0.2) is 9.78 Å². The van der Waals surface area contributed by atoms with E-state index >= 15 is 0 Å². The summed E-state index contributed by atoms with van der Waals surface area (Å²) in [5.74, 6) is 1.15. The highest BCUT2D eigenvalue weighted by Gasteiger charge is 2.17. The van der Waals surface area contributed by atoms with Crippen LogP contribution < -0.4 is 21.3 Å². The third-order valence-corrected chi connectivity index (χ3v) is 6.28. The predicted molar refractivity (Wildman–Crippen MR) is 136 cm³/mol. The number of benzene rings is 1. The molecule has 4 N–H and O–H groups in total. The maximum Gasteiger partial charge on any atom is 0.321 e. The van der Waals surface area contributed by atoms with Crippen molar-refractivity contribution in [3.05, 3.63) is 58.4 Å². The summed E-state index contributed by atoms with van der Waals surface area (Å²) in [5.41, 5.74) is 2.43. The molecular formula is C24H29N7O2S. The summed E-state index contributed by atoms with van der Waals surface area (Å²) in [6.45, 7) is 4.80. The SMILES string of the molecule is Cc1cnc(Nc2cccc(NC(=O)N3CCCC3)c2)nc1NCCCNC(=O)c1cccs1. The van der Waals surface area contributed by atoms with Crippen molar-refractivity contribution in [1.82, 2.24) is 20.2 Å². The molecule has 0 atom stereocenters. The van der Waals surface area contributed by atoms with E-state index in [2.05, 4.69) is 31.2 Å². The second-order valence-electron chi connectivity index (χ2n) is 8.07. The maximum atomic E-state index is 12.3. The standard InChI is InChI=1S/C24H29N7O2S/c1-17-16-27-23(30-21(17)25-10-6-11-26-22(32)20-9-5-14-34-20)28-18-7-4-8-19(15-18)29-24(33)31-12-2-3-13-31/h4-5,7-9,14-16H,2-3,6,10-13H2,1H3,(H,26,32)(H,29,33)(H2,25,27,28,30). The fourth-order valence-corrected chi connectivity index (χ4v) is 4.24. The number of aromatic nitrogens is 2. The summed E-state index contributed by atoms with van der Waals surface area (Å²) in [7, 11) is 0. The van der Waals surface area contributed by atoms with Crippen LogP contribution >= 0.6 is 11.3 Å². The molecule has 1 aliphatic rings. The third kappa shape index (κ3) is 6.44. The number of urea groups is 1. The average molecular weight is 480 g/mol. The normalized spacial score (nSPS) is 12.9. The van der Waals surface area contributed by atoms with Gasteiger partial charge in [0.25, 0.3) is 5.91 Å². The Morgan fingerprint density at radius 1 is 1.09 bits per heavy atom. The van der Waals surface area contributed by atoms with Crippen molar-refractivity contribution in [3.8, 4) is 0 Å². The topological polar surface area (TPSA) is 111 Å². The molecule has 34 heavy (non-hydrogen) atoms. The number of carbonyl (C=O) groups excluding carboxylic acids is 2. The lowest BCUT2D eigenvalue weighted by molar-refractivity contribution is 0.0957. The van der Waals surface area contributed by atoms with Gasteiger partial charge in [0.05, 0.1) is 4.88 Å². The minimum atomic E-state index is -0.0701. The first-order chi connectivity index (χ1) is 16.6. The van der Waals surface area contributed by atoms with Gasteiger partial charge in [0.1, 0.15) is 5.82 Å². The molecule has 3 aromatic rings. The molecule has 2 aromatic heterocycles. The number of aryl methyl sites for hydroxylation is 1. The Morgan fingerprint density at radius 2 is 1.91 bits per heavy atom. The van der Waals surface area contributed by atoms with Gasteiger partial charge in [-0.15, -0.1) is 11.3 Å². The Morgan fingerprint density at radius 3 is 2.71 bits per heavy atom. The van der Waals surface area contributed by atoms with E-state index in [-0.39, 0.29) is 11.9 Å². The van der Waals surface area contributed by atoms with Gasteiger partial charge in [-0.05, 0) is 55.8 Å². The van der Waals surface area contributed by atoms with Gasteiger partial charge < -0.3 is 26.2 Å². The molecule has 9 nitrogen and oxygen atoms in total. The van der Waals surface area contributed by atoms with E-state index in [1.54, 1.807) is 6.20 Å². The fraction of sp³-hybridized carbons (Fsp3) is 0.333. The molecule has 1 aromatic carbocycles. The molecule has 1 fully saturated rings. The smallest absolute Gasteiger partial charge is 0.321 e. The number of anilines is 4. The fourth-order valence-electron chi connectivity index (χ4n) is 3.60. The van der Waals surface area contributed by atoms with Crippen LogP contribution in [0.15, 0.2) is 48.0 Å². The van der Waals surface area contributed by atoms with Gasteiger partial charge in [-0.2, -0.15) is 4.98 Å². The number of thiophene rings is 1. The number of nitrogens with one attached hydrogen (secondary N) is 4. The number of rotatable bonds is 9. The minimum Gasteiger partial charge on any atom is -0.370 e. The van der Waals surface area contributed by atoms with Crippen molar-refractivity contribution >= 4 is 46.4 Å². The third-order valence-electron chi connectivity index (χ3n) is 5.41. The van der Waals surface area contributed by atoms with Gasteiger partial charge in [-0.3, -0.25) is 4.79 Å². The Kier molecular flexibility index (Phi) is 7.92. The first-order valence-electron chi connectivity index (χ1n) is 11.4. The summed E-state index contributed by atoms with van der Waals surface area (Å²) in [6, 6.07) is 11.1. The molecule has 3 heterocycles. The van der Waals surface area contributed by atoms with E-state index in [1.165, 1.54) is 11.3 Å². The average Bonchev–Trinajstić information content (AvgIpc) is 3.56. The highest BCUT2D eigenvalue weighted by atomic mass is 32.1. The molecule has 0 bridgehead atoms. The van der Waals surface area contributed by atoms with E-state index in [4.69, 9.17) is 0 Å². The van der Waals surface area contributed by atoms with Crippen molar-refractivity contribution in [2.24, 2.45) is 0 Å². The van der Waals surface area contributed by atoms with Crippen molar-refractivity contribution < 1.29 is 9.59 Å². The number of hydrogen-bond donors (Lipinski definition) is 4. The zero-order valence-electron chi connectivity index (χ0n) is 19.1. The molecule has 1 aliphatic heterocycles. The summed E-state index contributed by atoms with van der Waals surface area (Å²) in [4.78, 5) is 35.8. The van der Waals surface area contributed by atoms with Crippen molar-refractivity contribution in [3.63, 3.8) is 0 Å². The van der Waals surface area contributed by atoms with Crippen LogP contribution in [0.4, 0.5) is 27.9 Å². The zero-order valence-corrected chi connectivity index (χ0v) is 20.0. The number of carbonyl (C=O) groups is 2. The molecule has 178 valence electrons. The monoisotopic (exact) mass is 479 g/mol. The van der Waals surface area contributed by atoms with Crippen LogP contribution in [0.25, 0.3) is 0 Å². The Hall–Kier alpha value is -3.66. The summed E-state index contributed by atoms with van der Waals surface area (Å²) < 4.78 is 0. The lowest BCUT2D eigenvalue weighted by Gasteiger charge is -2.16. The first-order valence-corrected chi connectivity index (χ1v) is 12.3. The summed E-state index contributed by atoms with van der Waals surface area (Å²) in [5, 5.41) is 14.3. The molecule has 0 spiro atoms. The molecule has 0 saturated carbocycles. The van der Waals surface area contributed by atoms with Crippen LogP contribution in [0.2, 0.25) is 0 Å². The Bertz CT molecular complexity index is 1110. The van der Waals surface area contributed by atoms with Gasteiger partial charge >= 0.3 is 6.03 Å². The van der Waals surface area contributed by atoms with Crippen LogP contribution in [0, 0.1) is 6.92 Å². The van der Waals surface area contributed by atoms with E-state index < -0.39 is 0 Å². The number of amides is 3. The lowest BCUT2D eigenvalue weighted by Crippen LogP contribution is -2.32. The van der Waals surface area contributed by atoms with Crippen LogP contribution in [-0.4, -0.2) is 53.0 Å². The highest BCUT2D eigenvalue weighted by Crippen LogP contribution is 2.21. The quantitative estimate of drug-likeness (QED) is 0.338. The summed E-state index contributed by atoms with van der Waals surface area (Å²) in [6.07, 6.45) is 4.64. The molecule has 0 unspecified atom stereocenters. The molecule has 4 rings (SSSR count). The highest BCUT2D eigenvalue weighted by molar-refractivity contribution is 7.12.